The topological polar surface area (TPSA) is 59.5 Å². The van der Waals surface area contributed by atoms with Gasteiger partial charge in [0.2, 0.25) is 0 Å². The number of esters is 1. The Balaban J connectivity index is 2.18. The van der Waals surface area contributed by atoms with Gasteiger partial charge in [-0.15, -0.1) is 0 Å². The van der Waals surface area contributed by atoms with Crippen molar-refractivity contribution in [3.63, 3.8) is 0 Å². The molecule has 0 fully saturated rings. The number of hydrogen-bond acceptors (Lipinski definition) is 4. The van der Waals surface area contributed by atoms with Crippen molar-refractivity contribution in [1.82, 2.24) is 9.88 Å². The van der Waals surface area contributed by atoms with E-state index in [-0.39, 0.29) is 6.61 Å². The Bertz CT molecular complexity index is 567. The van der Waals surface area contributed by atoms with E-state index in [1.54, 1.807) is 13.1 Å². The summed E-state index contributed by atoms with van der Waals surface area (Å²) in [6, 6.07) is 2.01. The first kappa shape index (κ1) is 15.2. The van der Waals surface area contributed by atoms with E-state index in [2.05, 4.69) is 11.1 Å². The highest BCUT2D eigenvalue weighted by Gasteiger charge is 2.23. The summed E-state index contributed by atoms with van der Waals surface area (Å²) < 4.78 is 4.77. The fraction of sp³-hybridized carbons (Fsp3) is 0.438. The van der Waals surface area contributed by atoms with Crippen molar-refractivity contribution in [2.24, 2.45) is 0 Å². The van der Waals surface area contributed by atoms with Crippen LogP contribution in [-0.4, -0.2) is 34.9 Å². The number of hydrogen-bond donors (Lipinski definition) is 0. The maximum absolute atomic E-state index is 12.0. The molecule has 1 heterocycles. The summed E-state index contributed by atoms with van der Waals surface area (Å²) in [5.74, 6) is -1.42. The van der Waals surface area contributed by atoms with Gasteiger partial charge in [-0.1, -0.05) is 12.2 Å². The predicted molar refractivity (Wildman–Crippen MR) is 79.3 cm³/mol. The molecule has 0 unspecified atom stereocenters. The van der Waals surface area contributed by atoms with Crippen LogP contribution in [0.25, 0.3) is 6.08 Å². The number of amides is 1. The van der Waals surface area contributed by atoms with Crippen LogP contribution >= 0.6 is 0 Å². The zero-order chi connectivity index (χ0) is 15.2. The van der Waals surface area contributed by atoms with Crippen LogP contribution < -0.4 is 0 Å². The van der Waals surface area contributed by atoms with E-state index in [0.717, 1.165) is 24.1 Å². The van der Waals surface area contributed by atoms with Gasteiger partial charge in [0.25, 0.3) is 0 Å². The van der Waals surface area contributed by atoms with Crippen LogP contribution in [0.5, 0.6) is 0 Å². The first-order valence-electron chi connectivity index (χ1n) is 7.26. The van der Waals surface area contributed by atoms with Crippen molar-refractivity contribution in [3.8, 4) is 0 Å². The van der Waals surface area contributed by atoms with Crippen LogP contribution in [-0.2, 0) is 27.3 Å². The highest BCUT2D eigenvalue weighted by atomic mass is 16.5. The fourth-order valence-electron chi connectivity index (χ4n) is 2.38. The number of aromatic nitrogens is 1. The number of carbonyl (C=O) groups is 2. The third-order valence-corrected chi connectivity index (χ3v) is 3.49. The molecular weight excluding hydrogens is 268 g/mol. The van der Waals surface area contributed by atoms with Crippen LogP contribution in [0, 0.1) is 0 Å². The number of ether oxygens (including phenoxy) is 1. The SMILES string of the molecule is CCOC(=O)C(=O)N(CC)Cc1nccc2c1C=CCC2. The number of pyridine rings is 1. The third kappa shape index (κ3) is 3.48. The molecule has 1 aliphatic rings. The van der Waals surface area contributed by atoms with E-state index in [9.17, 15) is 9.59 Å². The first-order chi connectivity index (χ1) is 10.2. The quantitative estimate of drug-likeness (QED) is 0.627. The van der Waals surface area contributed by atoms with E-state index in [1.165, 1.54) is 10.5 Å². The molecule has 0 saturated carbocycles. The molecule has 1 aromatic heterocycles. The molecule has 112 valence electrons. The van der Waals surface area contributed by atoms with Crippen LogP contribution in [0.4, 0.5) is 0 Å². The molecule has 0 radical (unpaired) electrons. The van der Waals surface area contributed by atoms with Gasteiger partial charge < -0.3 is 9.64 Å². The zero-order valence-electron chi connectivity index (χ0n) is 12.5. The highest BCUT2D eigenvalue weighted by molar-refractivity contribution is 6.32. The summed E-state index contributed by atoms with van der Waals surface area (Å²) in [6.07, 6.45) is 7.92. The minimum Gasteiger partial charge on any atom is -0.459 e. The normalized spacial score (nSPS) is 12.7. The lowest BCUT2D eigenvalue weighted by atomic mass is 9.96. The second kappa shape index (κ2) is 7.02. The number of allylic oxidation sites excluding steroid dienone is 1. The number of aryl methyl sites for hydroxylation is 1. The molecule has 1 aromatic rings. The van der Waals surface area contributed by atoms with E-state index < -0.39 is 11.9 Å². The Morgan fingerprint density at radius 1 is 1.38 bits per heavy atom. The van der Waals surface area contributed by atoms with Crippen molar-refractivity contribution >= 4 is 18.0 Å². The van der Waals surface area contributed by atoms with Crippen molar-refractivity contribution < 1.29 is 14.3 Å². The molecular formula is C16H20N2O3. The smallest absolute Gasteiger partial charge is 0.397 e. The van der Waals surface area contributed by atoms with Crippen molar-refractivity contribution in [1.29, 1.82) is 0 Å². The summed E-state index contributed by atoms with van der Waals surface area (Å²) >= 11 is 0. The molecule has 5 nitrogen and oxygen atoms in total. The van der Waals surface area contributed by atoms with Gasteiger partial charge in [0, 0.05) is 18.3 Å². The summed E-state index contributed by atoms with van der Waals surface area (Å²) in [4.78, 5) is 29.4. The number of nitrogens with zero attached hydrogens (tertiary/aromatic N) is 2. The molecule has 0 spiro atoms. The van der Waals surface area contributed by atoms with E-state index in [1.807, 2.05) is 19.1 Å². The number of fused-ring (bicyclic) bond motifs is 1. The van der Waals surface area contributed by atoms with Crippen molar-refractivity contribution in [2.45, 2.75) is 33.2 Å². The number of carbonyl (C=O) groups excluding carboxylic acids is 2. The Morgan fingerprint density at radius 2 is 2.19 bits per heavy atom. The molecule has 0 N–H and O–H groups in total. The van der Waals surface area contributed by atoms with Gasteiger partial charge in [-0.2, -0.15) is 0 Å². The maximum Gasteiger partial charge on any atom is 0.397 e. The molecule has 0 saturated heterocycles. The lowest BCUT2D eigenvalue weighted by Gasteiger charge is -2.21. The zero-order valence-corrected chi connectivity index (χ0v) is 12.5. The second-order valence-corrected chi connectivity index (χ2v) is 4.81. The van der Waals surface area contributed by atoms with Crippen LogP contribution in [0.15, 0.2) is 18.3 Å². The van der Waals surface area contributed by atoms with Gasteiger partial charge in [-0.3, -0.25) is 9.78 Å². The van der Waals surface area contributed by atoms with E-state index >= 15 is 0 Å². The Labute approximate surface area is 124 Å². The Kier molecular flexibility index (Phi) is 5.09. The monoisotopic (exact) mass is 288 g/mol. The van der Waals surface area contributed by atoms with Gasteiger partial charge in [0.05, 0.1) is 18.8 Å². The van der Waals surface area contributed by atoms with Crippen LogP contribution in [0.1, 0.15) is 37.1 Å². The van der Waals surface area contributed by atoms with Gasteiger partial charge in [-0.25, -0.2) is 4.79 Å². The van der Waals surface area contributed by atoms with Gasteiger partial charge >= 0.3 is 11.9 Å². The number of likely N-dealkylation sites (N-methyl/N-ethyl adjacent to an activating group) is 1. The minimum absolute atomic E-state index is 0.198. The summed E-state index contributed by atoms with van der Waals surface area (Å²) in [6.45, 7) is 4.47. The minimum atomic E-state index is -0.806. The highest BCUT2D eigenvalue weighted by Crippen LogP contribution is 2.22. The molecule has 0 aromatic carbocycles. The van der Waals surface area contributed by atoms with Crippen LogP contribution in [0.2, 0.25) is 0 Å². The third-order valence-electron chi connectivity index (χ3n) is 3.49. The van der Waals surface area contributed by atoms with Gasteiger partial charge in [-0.05, 0) is 38.3 Å². The molecule has 5 heteroatoms. The molecule has 0 atom stereocenters. The van der Waals surface area contributed by atoms with Gasteiger partial charge in [0.15, 0.2) is 0 Å². The average molecular weight is 288 g/mol. The molecule has 2 rings (SSSR count). The molecule has 21 heavy (non-hydrogen) atoms. The summed E-state index contributed by atoms with van der Waals surface area (Å²) in [5.41, 5.74) is 3.13. The second-order valence-electron chi connectivity index (χ2n) is 4.81. The molecule has 1 amide bonds. The molecule has 0 bridgehead atoms. The Morgan fingerprint density at radius 3 is 2.90 bits per heavy atom. The summed E-state index contributed by atoms with van der Waals surface area (Å²) in [5, 5.41) is 0. The predicted octanol–water partition coefficient (Wildman–Crippen LogP) is 1.95. The van der Waals surface area contributed by atoms with Gasteiger partial charge in [0.1, 0.15) is 0 Å². The molecule has 1 aliphatic carbocycles. The maximum atomic E-state index is 12.0. The summed E-state index contributed by atoms with van der Waals surface area (Å²) in [7, 11) is 0. The van der Waals surface area contributed by atoms with Crippen LogP contribution in [0.3, 0.4) is 0 Å². The molecule has 0 aliphatic heterocycles. The lowest BCUT2D eigenvalue weighted by molar-refractivity contribution is -0.160. The van der Waals surface area contributed by atoms with Crippen molar-refractivity contribution in [3.05, 3.63) is 35.2 Å². The van der Waals surface area contributed by atoms with E-state index in [0.29, 0.717) is 13.1 Å². The average Bonchev–Trinajstić information content (AvgIpc) is 2.52. The number of rotatable bonds is 4. The van der Waals surface area contributed by atoms with E-state index in [4.69, 9.17) is 4.74 Å². The van der Waals surface area contributed by atoms with Crippen molar-refractivity contribution in [2.75, 3.05) is 13.2 Å². The lowest BCUT2D eigenvalue weighted by Crippen LogP contribution is -2.37. The standard InChI is InChI=1S/C16H20N2O3/c1-3-18(15(19)16(20)21-4-2)11-14-13-8-6-5-7-12(13)9-10-17-14/h6,8-10H,3-5,7,11H2,1-2H3. The fourth-order valence-corrected chi connectivity index (χ4v) is 2.38. The Hall–Kier alpha value is -2.17. The largest absolute Gasteiger partial charge is 0.459 e. The first-order valence-corrected chi connectivity index (χ1v) is 7.26.